The number of amides is 2. The monoisotopic (exact) mass is 333 g/mol. The molecule has 0 bridgehead atoms. The maximum atomic E-state index is 12.3. The fourth-order valence-electron chi connectivity index (χ4n) is 2.99. The molecule has 1 aliphatic rings. The van der Waals surface area contributed by atoms with Gasteiger partial charge in [0, 0.05) is 20.1 Å². The van der Waals surface area contributed by atoms with E-state index in [1.54, 1.807) is 22.5 Å². The van der Waals surface area contributed by atoms with E-state index in [9.17, 15) is 4.79 Å². The van der Waals surface area contributed by atoms with Gasteiger partial charge in [-0.05, 0) is 60.5 Å². The van der Waals surface area contributed by atoms with Crippen molar-refractivity contribution in [2.75, 3.05) is 26.7 Å². The third-order valence-corrected chi connectivity index (χ3v) is 4.98. The maximum Gasteiger partial charge on any atom is 0.317 e. The zero-order valence-electron chi connectivity index (χ0n) is 13.4. The van der Waals surface area contributed by atoms with E-state index in [4.69, 9.17) is 4.42 Å². The number of urea groups is 1. The molecule has 1 N–H and O–H groups in total. The van der Waals surface area contributed by atoms with Gasteiger partial charge < -0.3 is 14.6 Å². The van der Waals surface area contributed by atoms with Gasteiger partial charge in [0.25, 0.3) is 0 Å². The van der Waals surface area contributed by atoms with Gasteiger partial charge in [0.1, 0.15) is 5.76 Å². The Bertz CT molecular complexity index is 591. The van der Waals surface area contributed by atoms with Crippen LogP contribution in [0.2, 0.25) is 0 Å². The van der Waals surface area contributed by atoms with E-state index in [0.717, 1.165) is 24.4 Å². The van der Waals surface area contributed by atoms with Crippen LogP contribution in [0.25, 0.3) is 0 Å². The van der Waals surface area contributed by atoms with E-state index in [2.05, 4.69) is 15.6 Å². The van der Waals surface area contributed by atoms with Gasteiger partial charge in [0.05, 0.1) is 12.3 Å². The second-order valence-corrected chi connectivity index (χ2v) is 6.73. The number of carbonyl (C=O) groups is 1. The number of rotatable bonds is 6. The molecule has 0 spiro atoms. The van der Waals surface area contributed by atoms with Crippen LogP contribution < -0.4 is 5.32 Å². The van der Waals surface area contributed by atoms with Gasteiger partial charge in [-0.15, -0.1) is 0 Å². The summed E-state index contributed by atoms with van der Waals surface area (Å²) in [5.74, 6) is 0.924. The molecular weight excluding hydrogens is 310 g/mol. The quantitative estimate of drug-likeness (QED) is 0.882. The van der Waals surface area contributed by atoms with Crippen molar-refractivity contribution < 1.29 is 9.21 Å². The standard InChI is InChI=1S/C17H23N3O2S/c1-19(12-14-6-10-23-13-14)17(21)18-11-15(16-5-4-9-22-16)20-7-2-3-8-20/h4-6,9-10,13,15H,2-3,7-8,11-12H2,1H3,(H,18,21)/t15-/m0/s1. The van der Waals surface area contributed by atoms with Gasteiger partial charge in [0.2, 0.25) is 0 Å². The zero-order valence-corrected chi connectivity index (χ0v) is 14.2. The molecule has 23 heavy (non-hydrogen) atoms. The number of thiophene rings is 1. The first-order chi connectivity index (χ1) is 11.2. The number of carbonyl (C=O) groups excluding carboxylic acids is 1. The second-order valence-electron chi connectivity index (χ2n) is 5.95. The fourth-order valence-corrected chi connectivity index (χ4v) is 3.65. The molecule has 0 saturated carbocycles. The molecule has 1 aliphatic heterocycles. The van der Waals surface area contributed by atoms with Crippen molar-refractivity contribution in [2.24, 2.45) is 0 Å². The van der Waals surface area contributed by atoms with E-state index in [1.807, 2.05) is 30.6 Å². The third-order valence-electron chi connectivity index (χ3n) is 4.25. The van der Waals surface area contributed by atoms with Crippen LogP contribution in [0.1, 0.15) is 30.2 Å². The van der Waals surface area contributed by atoms with Gasteiger partial charge in [-0.3, -0.25) is 4.90 Å². The van der Waals surface area contributed by atoms with Gasteiger partial charge >= 0.3 is 6.03 Å². The summed E-state index contributed by atoms with van der Waals surface area (Å²) in [6, 6.07) is 6.01. The minimum atomic E-state index is -0.0491. The Morgan fingerprint density at radius 3 is 2.91 bits per heavy atom. The average molecular weight is 333 g/mol. The first kappa shape index (κ1) is 16.1. The average Bonchev–Trinajstić information content (AvgIpc) is 3.31. The lowest BCUT2D eigenvalue weighted by Gasteiger charge is -2.27. The molecule has 124 valence electrons. The molecule has 0 unspecified atom stereocenters. The van der Waals surface area contributed by atoms with Crippen molar-refractivity contribution in [3.63, 3.8) is 0 Å². The molecule has 2 amide bonds. The summed E-state index contributed by atoms with van der Waals surface area (Å²) in [6.07, 6.45) is 4.12. The topological polar surface area (TPSA) is 48.7 Å². The Morgan fingerprint density at radius 2 is 2.26 bits per heavy atom. The largest absolute Gasteiger partial charge is 0.468 e. The number of nitrogens with one attached hydrogen (secondary N) is 1. The molecular formula is C17H23N3O2S. The Balaban J connectivity index is 1.56. The number of hydrogen-bond donors (Lipinski definition) is 1. The van der Waals surface area contributed by atoms with Crippen molar-refractivity contribution >= 4 is 17.4 Å². The van der Waals surface area contributed by atoms with Crippen LogP contribution in [0.15, 0.2) is 39.6 Å². The van der Waals surface area contributed by atoms with Crippen LogP contribution in [0.3, 0.4) is 0 Å². The normalized spacial score (nSPS) is 16.4. The molecule has 3 rings (SSSR count). The summed E-state index contributed by atoms with van der Waals surface area (Å²) in [6.45, 7) is 3.32. The molecule has 0 aliphatic carbocycles. The Kier molecular flexibility index (Phi) is 5.35. The molecule has 5 nitrogen and oxygen atoms in total. The summed E-state index contributed by atoms with van der Waals surface area (Å²) in [4.78, 5) is 16.4. The van der Waals surface area contributed by atoms with E-state index in [1.165, 1.54) is 12.8 Å². The summed E-state index contributed by atoms with van der Waals surface area (Å²) in [5.41, 5.74) is 1.16. The summed E-state index contributed by atoms with van der Waals surface area (Å²) >= 11 is 1.65. The first-order valence-corrected chi connectivity index (χ1v) is 8.96. The predicted octanol–water partition coefficient (Wildman–Crippen LogP) is 3.32. The highest BCUT2D eigenvalue weighted by Crippen LogP contribution is 2.24. The SMILES string of the molecule is CN(Cc1ccsc1)C(=O)NC[C@@H](c1ccco1)N1CCCC1. The number of nitrogens with zero attached hydrogens (tertiary/aromatic N) is 2. The molecule has 0 aromatic carbocycles. The van der Waals surface area contributed by atoms with Crippen LogP contribution in [-0.2, 0) is 6.54 Å². The van der Waals surface area contributed by atoms with Crippen molar-refractivity contribution in [2.45, 2.75) is 25.4 Å². The molecule has 6 heteroatoms. The predicted molar refractivity (Wildman–Crippen MR) is 91.4 cm³/mol. The lowest BCUT2D eigenvalue weighted by Crippen LogP contribution is -2.42. The molecule has 1 atom stereocenters. The lowest BCUT2D eigenvalue weighted by atomic mass is 10.2. The van der Waals surface area contributed by atoms with Gasteiger partial charge in [-0.1, -0.05) is 0 Å². The highest BCUT2D eigenvalue weighted by molar-refractivity contribution is 7.07. The summed E-state index contributed by atoms with van der Waals surface area (Å²) in [7, 11) is 1.82. The van der Waals surface area contributed by atoms with Crippen molar-refractivity contribution in [3.8, 4) is 0 Å². The summed E-state index contributed by atoms with van der Waals surface area (Å²) in [5, 5.41) is 7.15. The zero-order chi connectivity index (χ0) is 16.1. The number of likely N-dealkylation sites (tertiary alicyclic amines) is 1. The van der Waals surface area contributed by atoms with E-state index < -0.39 is 0 Å². The Labute approximate surface area is 140 Å². The van der Waals surface area contributed by atoms with Crippen LogP contribution in [0.4, 0.5) is 4.79 Å². The Morgan fingerprint density at radius 1 is 1.43 bits per heavy atom. The molecule has 3 heterocycles. The molecule has 1 saturated heterocycles. The van der Waals surface area contributed by atoms with Crippen molar-refractivity contribution in [1.29, 1.82) is 0 Å². The third kappa shape index (κ3) is 4.14. The van der Waals surface area contributed by atoms with Crippen LogP contribution in [-0.4, -0.2) is 42.5 Å². The smallest absolute Gasteiger partial charge is 0.317 e. The minimum absolute atomic E-state index is 0.0491. The van der Waals surface area contributed by atoms with Gasteiger partial charge in [0.15, 0.2) is 0 Å². The van der Waals surface area contributed by atoms with Crippen molar-refractivity contribution in [1.82, 2.24) is 15.1 Å². The van der Waals surface area contributed by atoms with Crippen LogP contribution >= 0.6 is 11.3 Å². The Hall–Kier alpha value is -1.79. The molecule has 0 radical (unpaired) electrons. The van der Waals surface area contributed by atoms with Crippen LogP contribution in [0.5, 0.6) is 0 Å². The van der Waals surface area contributed by atoms with Gasteiger partial charge in [-0.2, -0.15) is 11.3 Å². The van der Waals surface area contributed by atoms with Crippen LogP contribution in [0, 0.1) is 0 Å². The highest BCUT2D eigenvalue weighted by Gasteiger charge is 2.26. The molecule has 1 fully saturated rings. The van der Waals surface area contributed by atoms with Gasteiger partial charge in [-0.25, -0.2) is 4.79 Å². The molecule has 2 aromatic rings. The summed E-state index contributed by atoms with van der Waals surface area (Å²) < 4.78 is 5.58. The molecule has 2 aromatic heterocycles. The first-order valence-electron chi connectivity index (χ1n) is 8.01. The highest BCUT2D eigenvalue weighted by atomic mass is 32.1. The van der Waals surface area contributed by atoms with E-state index in [0.29, 0.717) is 13.1 Å². The maximum absolute atomic E-state index is 12.3. The second kappa shape index (κ2) is 7.66. The fraction of sp³-hybridized carbons (Fsp3) is 0.471. The van der Waals surface area contributed by atoms with E-state index >= 15 is 0 Å². The van der Waals surface area contributed by atoms with E-state index in [-0.39, 0.29) is 12.1 Å². The number of hydrogen-bond acceptors (Lipinski definition) is 4. The minimum Gasteiger partial charge on any atom is -0.468 e. The van der Waals surface area contributed by atoms with Crippen molar-refractivity contribution in [3.05, 3.63) is 46.5 Å². The lowest BCUT2D eigenvalue weighted by molar-refractivity contribution is 0.187. The number of furan rings is 1.